The maximum atomic E-state index is 11.3. The van der Waals surface area contributed by atoms with Crippen LogP contribution in [0.1, 0.15) is 6.42 Å². The van der Waals surface area contributed by atoms with Crippen LogP contribution in [-0.2, 0) is 14.6 Å². The van der Waals surface area contributed by atoms with E-state index in [-0.39, 0.29) is 10.5 Å². The summed E-state index contributed by atoms with van der Waals surface area (Å²) in [6.45, 7) is 1.48. The van der Waals surface area contributed by atoms with Gasteiger partial charge in [0.1, 0.15) is 6.29 Å². The van der Waals surface area contributed by atoms with Crippen LogP contribution in [0.25, 0.3) is 0 Å². The fraction of sp³-hybridized carbons (Fsp3) is 0.857. The predicted octanol–water partition coefficient (Wildman–Crippen LogP) is -0.943. The minimum atomic E-state index is -2.77. The number of hydrogen-bond donors (Lipinski definition) is 0. The van der Waals surface area contributed by atoms with Gasteiger partial charge in [0.2, 0.25) is 0 Å². The zero-order valence-corrected chi connectivity index (χ0v) is 7.46. The standard InChI is InChI=1S/C7H11NO3S/c9-2-1-8-4-6-3-7(5-8)12(6,10)11/h2,6-7H,1,3-5H2. The number of rotatable bonds is 2. The summed E-state index contributed by atoms with van der Waals surface area (Å²) in [6.07, 6.45) is 1.63. The van der Waals surface area contributed by atoms with Gasteiger partial charge in [0.15, 0.2) is 9.84 Å². The van der Waals surface area contributed by atoms with Gasteiger partial charge in [-0.3, -0.25) is 4.90 Å². The summed E-state index contributed by atoms with van der Waals surface area (Å²) in [4.78, 5) is 12.1. The maximum Gasteiger partial charge on any atom is 0.158 e. The third kappa shape index (κ3) is 0.998. The van der Waals surface area contributed by atoms with Gasteiger partial charge in [-0.05, 0) is 6.42 Å². The Labute approximate surface area is 71.5 Å². The minimum absolute atomic E-state index is 0.184. The lowest BCUT2D eigenvalue weighted by atomic mass is 10.1. The molecule has 2 bridgehead atoms. The SMILES string of the molecule is O=CCN1CC2CC(C1)S2(=O)=O. The monoisotopic (exact) mass is 189 g/mol. The average Bonchev–Trinajstić information content (AvgIpc) is 2.05. The molecule has 3 heterocycles. The van der Waals surface area contributed by atoms with Crippen molar-refractivity contribution in [2.45, 2.75) is 16.9 Å². The molecule has 3 rings (SSSR count). The van der Waals surface area contributed by atoms with Crippen molar-refractivity contribution in [3.05, 3.63) is 0 Å². The lowest BCUT2D eigenvalue weighted by Crippen LogP contribution is -2.62. The van der Waals surface area contributed by atoms with Crippen molar-refractivity contribution in [2.75, 3.05) is 19.6 Å². The maximum absolute atomic E-state index is 11.3. The van der Waals surface area contributed by atoms with E-state index in [4.69, 9.17) is 0 Å². The fourth-order valence-corrected chi connectivity index (χ4v) is 4.00. The summed E-state index contributed by atoms with van der Waals surface area (Å²) in [5.41, 5.74) is 0. The van der Waals surface area contributed by atoms with Gasteiger partial charge in [-0.15, -0.1) is 0 Å². The number of hydrogen-bond acceptors (Lipinski definition) is 4. The summed E-state index contributed by atoms with van der Waals surface area (Å²) in [5, 5.41) is -0.368. The van der Waals surface area contributed by atoms with E-state index >= 15 is 0 Å². The minimum Gasteiger partial charge on any atom is -0.302 e. The van der Waals surface area contributed by atoms with Gasteiger partial charge in [-0.25, -0.2) is 8.42 Å². The normalized spacial score (nSPS) is 38.7. The van der Waals surface area contributed by atoms with E-state index in [0.717, 1.165) is 12.7 Å². The molecule has 0 amide bonds. The van der Waals surface area contributed by atoms with Crippen LogP contribution in [0.3, 0.4) is 0 Å². The molecule has 0 aromatic carbocycles. The van der Waals surface area contributed by atoms with E-state index in [1.807, 2.05) is 4.90 Å². The third-order valence-corrected chi connectivity index (χ3v) is 5.25. The van der Waals surface area contributed by atoms with Gasteiger partial charge >= 0.3 is 0 Å². The van der Waals surface area contributed by atoms with Crippen molar-refractivity contribution in [1.82, 2.24) is 4.90 Å². The summed E-state index contributed by atoms with van der Waals surface area (Å²) >= 11 is 0. The van der Waals surface area contributed by atoms with E-state index in [1.165, 1.54) is 0 Å². The highest BCUT2D eigenvalue weighted by molar-refractivity contribution is 7.94. The van der Waals surface area contributed by atoms with Crippen molar-refractivity contribution in [3.8, 4) is 0 Å². The second-order valence-electron chi connectivity index (χ2n) is 3.45. The average molecular weight is 189 g/mol. The Kier molecular flexibility index (Phi) is 1.73. The van der Waals surface area contributed by atoms with E-state index in [2.05, 4.69) is 0 Å². The largest absolute Gasteiger partial charge is 0.302 e. The molecule has 3 fully saturated rings. The van der Waals surface area contributed by atoms with Crippen LogP contribution in [-0.4, -0.2) is 49.7 Å². The van der Waals surface area contributed by atoms with Crippen LogP contribution < -0.4 is 0 Å². The molecule has 0 saturated carbocycles. The quantitative estimate of drug-likeness (QED) is 0.526. The van der Waals surface area contributed by atoms with Crippen LogP contribution >= 0.6 is 0 Å². The van der Waals surface area contributed by atoms with Gasteiger partial charge in [-0.1, -0.05) is 0 Å². The lowest BCUT2D eigenvalue weighted by molar-refractivity contribution is -0.109. The molecule has 3 aliphatic rings. The molecule has 2 unspecified atom stereocenters. The number of fused-ring (bicyclic) bond motifs is 2. The van der Waals surface area contributed by atoms with E-state index in [1.54, 1.807) is 0 Å². The lowest BCUT2D eigenvalue weighted by Gasteiger charge is -2.45. The molecule has 3 saturated heterocycles. The van der Waals surface area contributed by atoms with Gasteiger partial charge in [-0.2, -0.15) is 0 Å². The summed E-state index contributed by atoms with van der Waals surface area (Å²) < 4.78 is 22.5. The number of sulfone groups is 1. The molecule has 68 valence electrons. The summed E-state index contributed by atoms with van der Waals surface area (Å²) in [7, 11) is -2.77. The Morgan fingerprint density at radius 1 is 1.33 bits per heavy atom. The van der Waals surface area contributed by atoms with E-state index < -0.39 is 9.84 Å². The van der Waals surface area contributed by atoms with Crippen molar-refractivity contribution in [1.29, 1.82) is 0 Å². The zero-order valence-electron chi connectivity index (χ0n) is 6.64. The van der Waals surface area contributed by atoms with Crippen molar-refractivity contribution in [2.24, 2.45) is 0 Å². The molecular weight excluding hydrogens is 178 g/mol. The molecule has 3 aliphatic heterocycles. The second-order valence-corrected chi connectivity index (χ2v) is 5.97. The van der Waals surface area contributed by atoms with Gasteiger partial charge in [0.25, 0.3) is 0 Å². The molecule has 0 N–H and O–H groups in total. The van der Waals surface area contributed by atoms with E-state index in [0.29, 0.717) is 19.6 Å². The Hall–Kier alpha value is -0.420. The first kappa shape index (κ1) is 8.19. The Balaban J connectivity index is 2.06. The fourth-order valence-electron chi connectivity index (χ4n) is 1.97. The number of carbonyl (C=O) groups is 1. The topological polar surface area (TPSA) is 54.5 Å². The summed E-state index contributed by atoms with van der Waals surface area (Å²) in [6, 6.07) is 0. The third-order valence-electron chi connectivity index (χ3n) is 2.71. The van der Waals surface area contributed by atoms with Crippen LogP contribution in [0.4, 0.5) is 0 Å². The molecule has 0 aromatic heterocycles. The van der Waals surface area contributed by atoms with Crippen LogP contribution in [0.5, 0.6) is 0 Å². The molecule has 5 heteroatoms. The van der Waals surface area contributed by atoms with Crippen molar-refractivity contribution >= 4 is 16.1 Å². The van der Waals surface area contributed by atoms with Crippen LogP contribution in [0, 0.1) is 0 Å². The van der Waals surface area contributed by atoms with Crippen LogP contribution in [0.2, 0.25) is 0 Å². The zero-order chi connectivity index (χ0) is 8.77. The smallest absolute Gasteiger partial charge is 0.158 e. The molecular formula is C7H11NO3S. The first-order valence-electron chi connectivity index (χ1n) is 4.03. The van der Waals surface area contributed by atoms with Crippen molar-refractivity contribution < 1.29 is 13.2 Å². The molecule has 0 spiro atoms. The Morgan fingerprint density at radius 2 is 1.92 bits per heavy atom. The number of piperidine rings is 1. The number of nitrogens with zero attached hydrogens (tertiary/aromatic N) is 1. The van der Waals surface area contributed by atoms with E-state index in [9.17, 15) is 13.2 Å². The van der Waals surface area contributed by atoms with Crippen LogP contribution in [0.15, 0.2) is 0 Å². The highest BCUT2D eigenvalue weighted by Gasteiger charge is 2.51. The second kappa shape index (κ2) is 2.53. The van der Waals surface area contributed by atoms with Crippen molar-refractivity contribution in [3.63, 3.8) is 0 Å². The number of carbonyl (C=O) groups excluding carboxylic acids is 1. The molecule has 0 aromatic rings. The van der Waals surface area contributed by atoms with Gasteiger partial charge in [0, 0.05) is 13.1 Å². The predicted molar refractivity (Wildman–Crippen MR) is 43.6 cm³/mol. The molecule has 4 nitrogen and oxygen atoms in total. The molecule has 0 aliphatic carbocycles. The van der Waals surface area contributed by atoms with Gasteiger partial charge < -0.3 is 4.79 Å². The Bertz CT molecular complexity index is 280. The highest BCUT2D eigenvalue weighted by atomic mass is 32.2. The molecule has 0 radical (unpaired) electrons. The molecule has 12 heavy (non-hydrogen) atoms. The Morgan fingerprint density at radius 3 is 2.33 bits per heavy atom. The number of aldehydes is 1. The van der Waals surface area contributed by atoms with Gasteiger partial charge in [0.05, 0.1) is 17.0 Å². The first-order valence-corrected chi connectivity index (χ1v) is 5.64. The summed E-state index contributed by atoms with van der Waals surface area (Å²) in [5.74, 6) is 0. The highest BCUT2D eigenvalue weighted by Crippen LogP contribution is 2.34. The molecule has 2 atom stereocenters. The first-order chi connectivity index (χ1) is 5.64.